The molecule has 0 bridgehead atoms. The number of ether oxygens (including phenoxy) is 1. The monoisotopic (exact) mass is 387 g/mol. The predicted octanol–water partition coefficient (Wildman–Crippen LogP) is 1.46. The molecule has 150 valence electrons. The Morgan fingerprint density at radius 3 is 2.56 bits per heavy atom. The van der Waals surface area contributed by atoms with Crippen LogP contribution in [0.25, 0.3) is 0 Å². The Labute approximate surface area is 155 Å². The minimum Gasteiger partial charge on any atom is -0.383 e. The summed E-state index contributed by atoms with van der Waals surface area (Å²) in [6, 6.07) is 5.01. The maximum Gasteiger partial charge on any atom is 0.405 e. The summed E-state index contributed by atoms with van der Waals surface area (Å²) in [6.07, 6.45) is -5.50. The van der Waals surface area contributed by atoms with Gasteiger partial charge >= 0.3 is 6.18 Å². The van der Waals surface area contributed by atoms with Gasteiger partial charge < -0.3 is 10.1 Å². The fourth-order valence-corrected chi connectivity index (χ4v) is 2.51. The number of guanidine groups is 1. The highest BCUT2D eigenvalue weighted by atomic mass is 19.4. The van der Waals surface area contributed by atoms with Crippen LogP contribution in [-0.4, -0.2) is 50.0 Å². The van der Waals surface area contributed by atoms with Crippen molar-refractivity contribution in [2.24, 2.45) is 4.99 Å². The van der Waals surface area contributed by atoms with Crippen molar-refractivity contribution in [1.29, 1.82) is 0 Å². The number of benzene rings is 1. The third kappa shape index (κ3) is 6.49. The number of methoxy groups -OCH3 is 1. The van der Waals surface area contributed by atoms with Gasteiger partial charge in [0.25, 0.3) is 5.91 Å². The van der Waals surface area contributed by atoms with Crippen LogP contribution >= 0.6 is 0 Å². The summed E-state index contributed by atoms with van der Waals surface area (Å²) in [4.78, 5) is 16.6. The van der Waals surface area contributed by atoms with E-state index in [-0.39, 0.29) is 18.4 Å². The Kier molecular flexibility index (Phi) is 7.17. The number of carbonyl (C=O) groups is 1. The van der Waals surface area contributed by atoms with Crippen molar-refractivity contribution >= 4 is 11.9 Å². The highest BCUT2D eigenvalue weighted by Crippen LogP contribution is 2.25. The zero-order valence-corrected chi connectivity index (χ0v) is 15.4. The molecule has 0 saturated carbocycles. The molecule has 1 aromatic carbocycles. The topological polar surface area (TPSA) is 86.8 Å². The van der Waals surface area contributed by atoms with E-state index in [2.05, 4.69) is 26.5 Å². The molecule has 7 nitrogen and oxygen atoms in total. The standard InChI is InChI=1S/C17H24F3N5O2/c1-10-4-6-12(7-5-10)15(26)23-16(21-11(2)9-27-3)22-14-8-13(24-25-14)17(18,19)20/h4-7,11,13-14,24-25H,8-9H2,1-3H3,(H2,21,22,23,26)/t11-,13?,14?/m0/s1. The molecule has 2 unspecified atom stereocenters. The molecule has 1 aliphatic rings. The number of hydrogen-bond acceptors (Lipinski definition) is 5. The smallest absolute Gasteiger partial charge is 0.383 e. The van der Waals surface area contributed by atoms with E-state index in [0.717, 1.165) is 5.56 Å². The lowest BCUT2D eigenvalue weighted by Crippen LogP contribution is -2.47. The van der Waals surface area contributed by atoms with Gasteiger partial charge in [-0.1, -0.05) is 17.7 Å². The third-order valence-electron chi connectivity index (χ3n) is 3.91. The van der Waals surface area contributed by atoms with Crippen molar-refractivity contribution in [2.75, 3.05) is 13.7 Å². The molecule has 1 amide bonds. The van der Waals surface area contributed by atoms with Gasteiger partial charge in [0.15, 0.2) is 5.96 Å². The van der Waals surface area contributed by atoms with E-state index in [9.17, 15) is 18.0 Å². The number of rotatable bonds is 5. The van der Waals surface area contributed by atoms with Crippen LogP contribution in [0.15, 0.2) is 29.3 Å². The van der Waals surface area contributed by atoms with Gasteiger partial charge in [-0.15, -0.1) is 0 Å². The maximum absolute atomic E-state index is 12.8. The first-order valence-corrected chi connectivity index (χ1v) is 8.48. The van der Waals surface area contributed by atoms with Gasteiger partial charge in [0, 0.05) is 25.1 Å². The van der Waals surface area contributed by atoms with Gasteiger partial charge in [0.1, 0.15) is 12.2 Å². The average molecular weight is 387 g/mol. The SMILES string of the molecule is COC[C@H](C)NC(=NC1CC(C(F)(F)F)NN1)NC(=O)c1ccc(C)cc1. The Hall–Kier alpha value is -2.17. The number of nitrogens with zero attached hydrogens (tertiary/aromatic N) is 1. The summed E-state index contributed by atoms with van der Waals surface area (Å²) in [5.41, 5.74) is 6.09. The molecule has 0 aliphatic carbocycles. The molecule has 0 radical (unpaired) electrons. The van der Waals surface area contributed by atoms with Crippen molar-refractivity contribution in [3.8, 4) is 0 Å². The summed E-state index contributed by atoms with van der Waals surface area (Å²) < 4.78 is 43.4. The van der Waals surface area contributed by atoms with Crippen molar-refractivity contribution < 1.29 is 22.7 Å². The maximum atomic E-state index is 12.8. The van der Waals surface area contributed by atoms with E-state index in [0.29, 0.717) is 12.2 Å². The number of alkyl halides is 3. The molecule has 2 rings (SSSR count). The van der Waals surface area contributed by atoms with Crippen molar-refractivity contribution in [1.82, 2.24) is 21.5 Å². The van der Waals surface area contributed by atoms with Crippen LogP contribution in [0.2, 0.25) is 0 Å². The van der Waals surface area contributed by atoms with E-state index >= 15 is 0 Å². The van der Waals surface area contributed by atoms with Gasteiger partial charge in [0.05, 0.1) is 6.61 Å². The summed E-state index contributed by atoms with van der Waals surface area (Å²) in [5, 5.41) is 5.57. The largest absolute Gasteiger partial charge is 0.405 e. The second-order valence-corrected chi connectivity index (χ2v) is 6.43. The Morgan fingerprint density at radius 1 is 1.33 bits per heavy atom. The van der Waals surface area contributed by atoms with Crippen LogP contribution in [0.5, 0.6) is 0 Å². The van der Waals surface area contributed by atoms with Crippen LogP contribution < -0.4 is 21.5 Å². The van der Waals surface area contributed by atoms with Crippen LogP contribution in [0, 0.1) is 6.92 Å². The number of halogens is 3. The molecule has 3 atom stereocenters. The van der Waals surface area contributed by atoms with E-state index in [1.165, 1.54) is 7.11 Å². The summed E-state index contributed by atoms with van der Waals surface area (Å²) in [7, 11) is 1.52. The first-order chi connectivity index (χ1) is 12.7. The zero-order chi connectivity index (χ0) is 20.0. The number of nitrogens with one attached hydrogen (secondary N) is 4. The first-order valence-electron chi connectivity index (χ1n) is 8.48. The minimum atomic E-state index is -4.38. The van der Waals surface area contributed by atoms with E-state index < -0.39 is 24.3 Å². The lowest BCUT2D eigenvalue weighted by molar-refractivity contribution is -0.152. The predicted molar refractivity (Wildman–Crippen MR) is 95.1 cm³/mol. The van der Waals surface area contributed by atoms with Crippen LogP contribution in [-0.2, 0) is 4.74 Å². The molecule has 27 heavy (non-hydrogen) atoms. The fraction of sp³-hybridized carbons (Fsp3) is 0.529. The minimum absolute atomic E-state index is 0.0762. The van der Waals surface area contributed by atoms with Crippen molar-refractivity contribution in [3.05, 3.63) is 35.4 Å². The molecule has 1 heterocycles. The van der Waals surface area contributed by atoms with Crippen LogP contribution in [0.1, 0.15) is 29.3 Å². The fourth-order valence-electron chi connectivity index (χ4n) is 2.51. The molecule has 10 heteroatoms. The van der Waals surface area contributed by atoms with Crippen molar-refractivity contribution in [3.63, 3.8) is 0 Å². The molecular weight excluding hydrogens is 363 g/mol. The Bertz CT molecular complexity index is 664. The molecule has 1 fully saturated rings. The summed E-state index contributed by atoms with van der Waals surface area (Å²) >= 11 is 0. The average Bonchev–Trinajstić information content (AvgIpc) is 3.04. The second kappa shape index (κ2) is 9.16. The summed E-state index contributed by atoms with van der Waals surface area (Å²) in [6.45, 7) is 4.04. The zero-order valence-electron chi connectivity index (χ0n) is 15.4. The number of aryl methyl sites for hydroxylation is 1. The third-order valence-corrected chi connectivity index (χ3v) is 3.91. The second-order valence-electron chi connectivity index (χ2n) is 6.43. The highest BCUT2D eigenvalue weighted by Gasteiger charge is 2.44. The van der Waals surface area contributed by atoms with Gasteiger partial charge in [-0.2, -0.15) is 13.2 Å². The van der Waals surface area contributed by atoms with Gasteiger partial charge in [-0.25, -0.2) is 15.8 Å². The number of hydrazine groups is 1. The number of hydrogen-bond donors (Lipinski definition) is 4. The Morgan fingerprint density at radius 2 is 2.00 bits per heavy atom. The van der Waals surface area contributed by atoms with E-state index in [1.807, 2.05) is 6.92 Å². The highest BCUT2D eigenvalue weighted by molar-refractivity contribution is 6.05. The van der Waals surface area contributed by atoms with Crippen LogP contribution in [0.4, 0.5) is 13.2 Å². The lowest BCUT2D eigenvalue weighted by atomic mass is 10.1. The van der Waals surface area contributed by atoms with Gasteiger partial charge in [-0.05, 0) is 26.0 Å². The molecule has 0 spiro atoms. The molecule has 1 saturated heterocycles. The van der Waals surface area contributed by atoms with Crippen LogP contribution in [0.3, 0.4) is 0 Å². The van der Waals surface area contributed by atoms with Gasteiger partial charge in [0.2, 0.25) is 0 Å². The number of carbonyl (C=O) groups excluding carboxylic acids is 1. The number of aliphatic imine (C=N–C) groups is 1. The molecule has 1 aliphatic heterocycles. The normalized spacial score (nSPS) is 21.8. The molecule has 4 N–H and O–H groups in total. The molecule has 1 aromatic rings. The number of amides is 1. The summed E-state index contributed by atoms with van der Waals surface area (Å²) in [5.74, 6) is -0.337. The Balaban J connectivity index is 2.11. The quantitative estimate of drug-likeness (QED) is 0.454. The molecular formula is C17H24F3N5O2. The molecule has 0 aromatic heterocycles. The van der Waals surface area contributed by atoms with Gasteiger partial charge in [-0.3, -0.25) is 10.1 Å². The van der Waals surface area contributed by atoms with Crippen molar-refractivity contribution in [2.45, 2.75) is 44.7 Å². The van der Waals surface area contributed by atoms with E-state index in [4.69, 9.17) is 4.74 Å². The van der Waals surface area contributed by atoms with E-state index in [1.54, 1.807) is 31.2 Å². The lowest BCUT2D eigenvalue weighted by Gasteiger charge is -2.18. The first kappa shape index (κ1) is 21.1.